The van der Waals surface area contributed by atoms with Crippen molar-refractivity contribution in [1.82, 2.24) is 0 Å². The fourth-order valence-electron chi connectivity index (χ4n) is 1.61. The molecule has 0 spiro atoms. The molecule has 0 bridgehead atoms. The first kappa shape index (κ1) is 15.7. The van der Waals surface area contributed by atoms with Crippen LogP contribution in [0.4, 0.5) is 0 Å². The zero-order valence-electron chi connectivity index (χ0n) is 9.72. The fraction of sp³-hybridized carbons (Fsp3) is 0.364. The van der Waals surface area contributed by atoms with Gasteiger partial charge >= 0.3 is 5.97 Å². The molecule has 1 atom stereocenters. The maximum atomic E-state index is 12.4. The predicted molar refractivity (Wildman–Crippen MR) is 75.3 cm³/mol. The van der Waals surface area contributed by atoms with Crippen LogP contribution < -0.4 is 0 Å². The third-order valence-corrected chi connectivity index (χ3v) is 6.20. The Balaban J connectivity index is 3.45. The number of aliphatic carboxylic acids is 1. The molecule has 1 unspecified atom stereocenters. The zero-order chi connectivity index (χ0) is 14.1. The number of benzene rings is 1. The molecular formula is C11H12Br2O4S. The maximum Gasteiger partial charge on any atom is 0.322 e. The molecule has 1 aromatic carbocycles. The van der Waals surface area contributed by atoms with Crippen LogP contribution in [0.3, 0.4) is 0 Å². The number of sulfone groups is 1. The molecular weight excluding hydrogens is 388 g/mol. The molecule has 0 fully saturated rings. The highest BCUT2D eigenvalue weighted by atomic mass is 79.9. The molecule has 18 heavy (non-hydrogen) atoms. The Hall–Kier alpha value is -0.400. The van der Waals surface area contributed by atoms with Crippen LogP contribution in [0.5, 0.6) is 0 Å². The molecule has 0 amide bonds. The summed E-state index contributed by atoms with van der Waals surface area (Å²) >= 11 is 6.32. The summed E-state index contributed by atoms with van der Waals surface area (Å²) in [7, 11) is -3.93. The Labute approximate surface area is 123 Å². The topological polar surface area (TPSA) is 71.4 Å². The number of carboxylic acids is 1. The summed E-state index contributed by atoms with van der Waals surface area (Å²) in [4.78, 5) is 11.1. The van der Waals surface area contributed by atoms with Gasteiger partial charge in [0, 0.05) is 8.95 Å². The molecule has 0 aliphatic carbocycles. The van der Waals surface area contributed by atoms with Gasteiger partial charge in [-0.2, -0.15) is 0 Å². The second-order valence-corrected chi connectivity index (χ2v) is 7.93. The number of hydrogen-bond donors (Lipinski definition) is 1. The molecule has 1 N–H and O–H groups in total. The number of carbonyl (C=O) groups is 1. The number of halogens is 2. The fourth-order valence-corrected chi connectivity index (χ4v) is 4.93. The van der Waals surface area contributed by atoms with Crippen molar-refractivity contribution >= 4 is 47.7 Å². The van der Waals surface area contributed by atoms with E-state index < -0.39 is 27.0 Å². The van der Waals surface area contributed by atoms with E-state index in [-0.39, 0.29) is 4.90 Å². The van der Waals surface area contributed by atoms with Crippen molar-refractivity contribution in [3.63, 3.8) is 0 Å². The molecule has 1 rings (SSSR count). The van der Waals surface area contributed by atoms with Gasteiger partial charge in [-0.15, -0.1) is 0 Å². The van der Waals surface area contributed by atoms with Crippen molar-refractivity contribution in [2.45, 2.75) is 24.0 Å². The van der Waals surface area contributed by atoms with Gasteiger partial charge < -0.3 is 5.11 Å². The molecule has 4 nitrogen and oxygen atoms in total. The van der Waals surface area contributed by atoms with Crippen molar-refractivity contribution in [2.24, 2.45) is 5.92 Å². The molecule has 0 saturated carbocycles. The summed E-state index contributed by atoms with van der Waals surface area (Å²) in [5.41, 5.74) is 0. The van der Waals surface area contributed by atoms with Crippen LogP contribution in [0, 0.1) is 5.92 Å². The second kappa shape index (κ2) is 5.71. The van der Waals surface area contributed by atoms with E-state index in [2.05, 4.69) is 31.9 Å². The van der Waals surface area contributed by atoms with Gasteiger partial charge in [-0.1, -0.05) is 29.8 Å². The smallest absolute Gasteiger partial charge is 0.322 e. The van der Waals surface area contributed by atoms with E-state index in [0.29, 0.717) is 8.95 Å². The summed E-state index contributed by atoms with van der Waals surface area (Å²) in [5.74, 6) is -1.85. The molecule has 0 radical (unpaired) electrons. The van der Waals surface area contributed by atoms with E-state index in [4.69, 9.17) is 5.11 Å². The van der Waals surface area contributed by atoms with Crippen molar-refractivity contribution in [3.05, 3.63) is 27.1 Å². The SMILES string of the molecule is CC(C)C(C(=O)O)S(=O)(=O)c1cc(Br)ccc1Br. The number of hydrogen-bond acceptors (Lipinski definition) is 3. The molecule has 7 heteroatoms. The lowest BCUT2D eigenvalue weighted by Crippen LogP contribution is -2.35. The normalized spacial score (nSPS) is 13.6. The molecule has 0 heterocycles. The first-order valence-electron chi connectivity index (χ1n) is 5.09. The predicted octanol–water partition coefficient (Wildman–Crippen LogP) is 3.09. The molecule has 0 aliphatic heterocycles. The van der Waals surface area contributed by atoms with Gasteiger partial charge in [-0.3, -0.25) is 4.79 Å². The van der Waals surface area contributed by atoms with Crippen molar-refractivity contribution < 1.29 is 18.3 Å². The Kier molecular flexibility index (Phi) is 4.97. The summed E-state index contributed by atoms with van der Waals surface area (Å²) in [5, 5.41) is 7.64. The highest BCUT2D eigenvalue weighted by molar-refractivity contribution is 9.11. The minimum absolute atomic E-state index is 0.0158. The van der Waals surface area contributed by atoms with Gasteiger partial charge in [0.1, 0.15) is 0 Å². The average molecular weight is 400 g/mol. The van der Waals surface area contributed by atoms with E-state index in [1.165, 1.54) is 6.07 Å². The lowest BCUT2D eigenvalue weighted by molar-refractivity contribution is -0.137. The monoisotopic (exact) mass is 398 g/mol. The molecule has 0 saturated heterocycles. The van der Waals surface area contributed by atoms with Crippen molar-refractivity contribution in [3.8, 4) is 0 Å². The van der Waals surface area contributed by atoms with Crippen LogP contribution in [0.2, 0.25) is 0 Å². The van der Waals surface area contributed by atoms with Crippen LogP contribution in [0.15, 0.2) is 32.0 Å². The largest absolute Gasteiger partial charge is 0.480 e. The van der Waals surface area contributed by atoms with Gasteiger partial charge in [0.25, 0.3) is 0 Å². The van der Waals surface area contributed by atoms with Crippen molar-refractivity contribution in [1.29, 1.82) is 0 Å². The zero-order valence-corrected chi connectivity index (χ0v) is 13.7. The Bertz CT molecular complexity index is 566. The average Bonchev–Trinajstić information content (AvgIpc) is 2.19. The summed E-state index contributed by atoms with van der Waals surface area (Å²) in [6, 6.07) is 4.64. The van der Waals surface area contributed by atoms with Gasteiger partial charge in [0.2, 0.25) is 0 Å². The summed E-state index contributed by atoms with van der Waals surface area (Å²) < 4.78 is 25.7. The highest BCUT2D eigenvalue weighted by Gasteiger charge is 2.37. The minimum Gasteiger partial charge on any atom is -0.480 e. The quantitative estimate of drug-likeness (QED) is 0.844. The van der Waals surface area contributed by atoms with E-state index >= 15 is 0 Å². The molecule has 1 aromatic rings. The van der Waals surface area contributed by atoms with Crippen molar-refractivity contribution in [2.75, 3.05) is 0 Å². The van der Waals surface area contributed by atoms with Crippen LogP contribution in [-0.2, 0) is 14.6 Å². The van der Waals surface area contributed by atoms with Crippen LogP contribution in [0.1, 0.15) is 13.8 Å². The first-order valence-corrected chi connectivity index (χ1v) is 8.23. The van der Waals surface area contributed by atoms with Gasteiger partial charge in [0.05, 0.1) is 4.90 Å². The standard InChI is InChI=1S/C11H12Br2O4S/c1-6(2)10(11(14)15)18(16,17)9-5-7(12)3-4-8(9)13/h3-6,10H,1-2H3,(H,14,15). The van der Waals surface area contributed by atoms with Gasteiger partial charge in [-0.05, 0) is 40.0 Å². The van der Waals surface area contributed by atoms with Gasteiger partial charge in [-0.25, -0.2) is 8.42 Å². The van der Waals surface area contributed by atoms with Crippen LogP contribution in [0.25, 0.3) is 0 Å². The maximum absolute atomic E-state index is 12.4. The van der Waals surface area contributed by atoms with Gasteiger partial charge in [0.15, 0.2) is 15.1 Å². The third-order valence-electron chi connectivity index (χ3n) is 2.38. The molecule has 0 aliphatic rings. The van der Waals surface area contributed by atoms with Crippen LogP contribution in [-0.4, -0.2) is 24.7 Å². The first-order chi connectivity index (χ1) is 8.17. The van der Waals surface area contributed by atoms with E-state index in [1.807, 2.05) is 0 Å². The Morgan fingerprint density at radius 2 is 1.83 bits per heavy atom. The third kappa shape index (κ3) is 3.13. The highest BCUT2D eigenvalue weighted by Crippen LogP contribution is 2.30. The minimum atomic E-state index is -3.93. The molecule has 100 valence electrons. The van der Waals surface area contributed by atoms with Crippen LogP contribution >= 0.6 is 31.9 Å². The number of rotatable bonds is 4. The molecule has 0 aromatic heterocycles. The second-order valence-electron chi connectivity index (χ2n) is 4.12. The number of carboxylic acid groups (broad SMARTS) is 1. The summed E-state index contributed by atoms with van der Waals surface area (Å²) in [6.45, 7) is 3.14. The summed E-state index contributed by atoms with van der Waals surface area (Å²) in [6.07, 6.45) is 0. The lowest BCUT2D eigenvalue weighted by atomic mass is 10.1. The Morgan fingerprint density at radius 3 is 2.28 bits per heavy atom. The van der Waals surface area contributed by atoms with E-state index in [0.717, 1.165) is 0 Å². The lowest BCUT2D eigenvalue weighted by Gasteiger charge is -2.18. The van der Waals surface area contributed by atoms with E-state index in [1.54, 1.807) is 26.0 Å². The Morgan fingerprint density at radius 1 is 1.28 bits per heavy atom. The van der Waals surface area contributed by atoms with E-state index in [9.17, 15) is 13.2 Å².